The van der Waals surface area contributed by atoms with Gasteiger partial charge in [-0.15, -0.1) is 0 Å². The van der Waals surface area contributed by atoms with Crippen molar-refractivity contribution in [3.8, 4) is 0 Å². The molecule has 4 heterocycles. The molecule has 0 radical (unpaired) electrons. The molecule has 0 atom stereocenters. The summed E-state index contributed by atoms with van der Waals surface area (Å²) in [6, 6.07) is 5.42. The second kappa shape index (κ2) is 19.2. The first kappa shape index (κ1) is 36.3. The van der Waals surface area contributed by atoms with Gasteiger partial charge >= 0.3 is 63.3 Å². The molecule has 0 amide bonds. The van der Waals surface area contributed by atoms with Gasteiger partial charge in [0.05, 0.1) is 24.3 Å². The van der Waals surface area contributed by atoms with Gasteiger partial charge in [0.25, 0.3) is 0 Å². The third kappa shape index (κ3) is 10.2. The number of nitrogens with one attached hydrogen (secondary N) is 2. The molecule has 4 rings (SSSR count). The number of hydrogen-bond donors (Lipinski definition) is 2. The summed E-state index contributed by atoms with van der Waals surface area (Å²) >= 11 is 6.43. The number of aromatic nitrogens is 4. The summed E-state index contributed by atoms with van der Waals surface area (Å²) in [6.07, 6.45) is 6.67. The summed E-state index contributed by atoms with van der Waals surface area (Å²) in [5, 5.41) is 1.86. The van der Waals surface area contributed by atoms with Crippen molar-refractivity contribution in [2.75, 3.05) is 13.2 Å². The van der Waals surface area contributed by atoms with Crippen molar-refractivity contribution in [3.05, 3.63) is 57.7 Å². The van der Waals surface area contributed by atoms with Gasteiger partial charge in [-0.25, -0.2) is 19.6 Å². The van der Waals surface area contributed by atoms with E-state index in [4.69, 9.17) is 9.47 Å². The van der Waals surface area contributed by atoms with Crippen LogP contribution in [0.25, 0.3) is 22.1 Å². The molecular weight excluding hydrogens is 808 g/mol. The molecular formula is C21H24I3KN4O5. The number of hydrogen-bond acceptors (Lipinski definition) is 7. The zero-order valence-corrected chi connectivity index (χ0v) is 27.7. The van der Waals surface area contributed by atoms with E-state index in [1.54, 1.807) is 32.2 Å². The van der Waals surface area contributed by atoms with E-state index in [9.17, 15) is 9.59 Å². The van der Waals surface area contributed by atoms with Crippen LogP contribution in [0.5, 0.6) is 0 Å². The van der Waals surface area contributed by atoms with Crippen molar-refractivity contribution >= 4 is 93.8 Å². The van der Waals surface area contributed by atoms with E-state index in [-0.39, 0.29) is 76.2 Å². The minimum absolute atomic E-state index is 0. The molecule has 0 fully saturated rings. The number of fused-ring (bicyclic) bond motifs is 2. The van der Waals surface area contributed by atoms with Crippen molar-refractivity contribution in [1.82, 2.24) is 19.9 Å². The Kier molecular flexibility index (Phi) is 20.5. The van der Waals surface area contributed by atoms with Gasteiger partial charge in [0.15, 0.2) is 0 Å². The van der Waals surface area contributed by atoms with Gasteiger partial charge in [-0.1, -0.05) is 7.43 Å². The van der Waals surface area contributed by atoms with E-state index in [0.717, 1.165) is 25.6 Å². The van der Waals surface area contributed by atoms with Crippen LogP contribution in [-0.2, 0) is 9.47 Å². The number of halogens is 3. The first-order valence-corrected chi connectivity index (χ1v) is 16.4. The Bertz CT molecular complexity index is 1170. The van der Waals surface area contributed by atoms with Crippen LogP contribution in [-0.4, -0.2) is 50.6 Å². The average Bonchev–Trinajstić information content (AvgIpc) is 3.42. The predicted molar refractivity (Wildman–Crippen MR) is 154 cm³/mol. The molecule has 0 aromatic carbocycles. The van der Waals surface area contributed by atoms with Gasteiger partial charge in [-0.3, -0.25) is 0 Å². The minimum Gasteiger partial charge on any atom is -0.870 e. The van der Waals surface area contributed by atoms with Crippen LogP contribution in [0, 0.1) is 3.57 Å². The number of H-pyrrole nitrogens is 2. The molecule has 0 unspecified atom stereocenters. The van der Waals surface area contributed by atoms with Gasteiger partial charge in [0.2, 0.25) is 0 Å². The maximum Gasteiger partial charge on any atom is 1.00 e. The first-order valence-electron chi connectivity index (χ1n) is 9.07. The van der Waals surface area contributed by atoms with Crippen LogP contribution < -0.4 is 51.4 Å². The third-order valence-corrected chi connectivity index (χ3v) is 4.80. The summed E-state index contributed by atoms with van der Waals surface area (Å²) in [4.78, 5) is 37.0. The molecule has 13 heteroatoms. The molecule has 180 valence electrons. The van der Waals surface area contributed by atoms with Crippen molar-refractivity contribution < 1.29 is 75.9 Å². The number of carbonyl (C=O) groups excluding carboxylic acids is 2. The van der Waals surface area contributed by atoms with Crippen molar-refractivity contribution in [1.29, 1.82) is 0 Å². The fraction of sp³-hybridized carbons (Fsp3) is 0.238. The molecule has 0 aliphatic carbocycles. The number of rotatable bonds is 4. The molecule has 4 aromatic rings. The number of aromatic amines is 2. The van der Waals surface area contributed by atoms with Gasteiger partial charge in [-0.05, 0) is 54.6 Å². The van der Waals surface area contributed by atoms with Crippen LogP contribution in [0.1, 0.15) is 42.0 Å². The number of ether oxygens (including phenoxy) is 2. The van der Waals surface area contributed by atoms with Gasteiger partial charge in [0, 0.05) is 76.4 Å². The Labute approximate surface area is 277 Å². The number of nitrogens with zero attached hydrogens (tertiary/aromatic N) is 2. The Morgan fingerprint density at radius 3 is 2.03 bits per heavy atom. The second-order valence-corrected chi connectivity index (χ2v) is 7.00. The molecule has 0 aliphatic rings. The van der Waals surface area contributed by atoms with Crippen LogP contribution in [0.2, 0.25) is 0 Å². The molecule has 0 saturated heterocycles. The second-order valence-electron chi connectivity index (χ2n) is 5.84. The van der Waals surface area contributed by atoms with Gasteiger partial charge in [0.1, 0.15) is 11.3 Å². The van der Waals surface area contributed by atoms with Crippen LogP contribution in [0.4, 0.5) is 0 Å². The normalized spacial score (nSPS) is 9.09. The quantitative estimate of drug-likeness (QED) is 0.183. The largest absolute Gasteiger partial charge is 1.00 e. The summed E-state index contributed by atoms with van der Waals surface area (Å²) in [5.74, 6) is -0.660. The zero-order valence-electron chi connectivity index (χ0n) is 18.1. The molecule has 9 nitrogen and oxygen atoms in total. The SMILES string of the molecule is C.CCOC(=O)c1cnc2[nH]cc(I)c2c1.CCOC(=O)c1cnc2[nH]ccc2c1.II.[K+].[OH-]. The van der Waals surface area contributed by atoms with E-state index in [2.05, 4.69) is 79.8 Å². The predicted octanol–water partition coefficient (Wildman–Crippen LogP) is 3.32. The fourth-order valence-electron chi connectivity index (χ4n) is 2.56. The average molecular weight is 832 g/mol. The topological polar surface area (TPSA) is 140 Å². The van der Waals surface area contributed by atoms with E-state index >= 15 is 0 Å². The molecule has 0 saturated carbocycles. The molecule has 4 aromatic heterocycles. The van der Waals surface area contributed by atoms with Crippen LogP contribution >= 0.6 is 59.8 Å². The third-order valence-electron chi connectivity index (χ3n) is 3.90. The summed E-state index contributed by atoms with van der Waals surface area (Å²) in [5.41, 5.74) is 2.53. The Morgan fingerprint density at radius 1 is 0.941 bits per heavy atom. The number of carbonyl (C=O) groups is 2. The van der Waals surface area contributed by atoms with E-state index in [1.807, 2.05) is 12.3 Å². The van der Waals surface area contributed by atoms with Crippen molar-refractivity contribution in [2.45, 2.75) is 21.3 Å². The molecule has 0 aliphatic heterocycles. The van der Waals surface area contributed by atoms with Crippen LogP contribution in [0.3, 0.4) is 0 Å². The molecule has 34 heavy (non-hydrogen) atoms. The Morgan fingerprint density at radius 2 is 1.47 bits per heavy atom. The minimum atomic E-state index is -0.330. The maximum absolute atomic E-state index is 11.4. The zero-order chi connectivity index (χ0) is 22.8. The summed E-state index contributed by atoms with van der Waals surface area (Å²) in [6.45, 7) is 4.31. The maximum atomic E-state index is 11.4. The van der Waals surface area contributed by atoms with Crippen molar-refractivity contribution in [3.63, 3.8) is 0 Å². The Hall–Kier alpha value is 0.106. The monoisotopic (exact) mass is 832 g/mol. The number of pyridine rings is 2. The summed E-state index contributed by atoms with van der Waals surface area (Å²) in [7, 11) is 0. The molecule has 3 N–H and O–H groups in total. The smallest absolute Gasteiger partial charge is 0.870 e. The van der Waals surface area contributed by atoms with Crippen molar-refractivity contribution in [2.24, 2.45) is 0 Å². The van der Waals surface area contributed by atoms with E-state index in [1.165, 1.54) is 12.4 Å². The summed E-state index contributed by atoms with van der Waals surface area (Å²) < 4.78 is 10.8. The Balaban J connectivity index is 0. The fourth-order valence-corrected chi connectivity index (χ4v) is 3.13. The van der Waals surface area contributed by atoms with Gasteiger partial charge in [-0.2, -0.15) is 0 Å². The van der Waals surface area contributed by atoms with E-state index in [0.29, 0.717) is 24.3 Å². The standard InChI is InChI=1S/C10H9IN2O2.C10H10N2O2.CH4.I2.K.H2O/c1-2-15-10(14)6-3-7-8(11)5-13-9(7)12-4-6;1-2-14-10(13)8-5-7-3-4-11-9(7)12-6-8;;1-2;;/h3-5H,2H2,1H3,(H,12,13);3-6H,2H2,1H3,(H,11,12);1H4;;;1H2/q;;;;+1;/p-1. The van der Waals surface area contributed by atoms with Gasteiger partial charge < -0.3 is 24.9 Å². The molecule has 0 spiro atoms. The van der Waals surface area contributed by atoms with E-state index < -0.39 is 0 Å². The number of esters is 2. The molecule has 0 bridgehead atoms. The van der Waals surface area contributed by atoms with Crippen LogP contribution in [0.15, 0.2) is 43.0 Å². The first-order chi connectivity index (χ1) is 15.0.